The Morgan fingerprint density at radius 2 is 1.91 bits per heavy atom. The van der Waals surface area contributed by atoms with Crippen LogP contribution >= 0.6 is 0 Å². The zero-order valence-electron chi connectivity index (χ0n) is 19.1. The summed E-state index contributed by atoms with van der Waals surface area (Å²) in [5, 5.41) is 3.37. The second-order valence-electron chi connectivity index (χ2n) is 9.52. The van der Waals surface area contributed by atoms with Gasteiger partial charge in [-0.15, -0.1) is 0 Å². The quantitative estimate of drug-likeness (QED) is 0.504. The summed E-state index contributed by atoms with van der Waals surface area (Å²) in [5.74, 6) is -1.15. The minimum atomic E-state index is -1.02. The van der Waals surface area contributed by atoms with Crippen molar-refractivity contribution in [3.63, 3.8) is 0 Å². The number of ether oxygens (including phenoxy) is 2. The van der Waals surface area contributed by atoms with E-state index in [0.717, 1.165) is 24.1 Å². The van der Waals surface area contributed by atoms with Crippen LogP contribution in [-0.2, 0) is 23.9 Å². The Morgan fingerprint density at radius 1 is 1.19 bits per heavy atom. The molecule has 0 aromatic heterocycles. The summed E-state index contributed by atoms with van der Waals surface area (Å²) >= 11 is 0. The Hall–Kier alpha value is -2.89. The first kappa shape index (κ1) is 22.3. The third kappa shape index (κ3) is 3.65. The second-order valence-corrected chi connectivity index (χ2v) is 9.52. The van der Waals surface area contributed by atoms with Crippen LogP contribution in [0, 0.1) is 11.3 Å². The smallest absolute Gasteiger partial charge is 0.307 e. The number of hydrogen-bond donors (Lipinski definition) is 1. The molecule has 0 bridgehead atoms. The van der Waals surface area contributed by atoms with Gasteiger partial charge in [-0.3, -0.25) is 14.4 Å². The third-order valence-corrected chi connectivity index (χ3v) is 6.92. The van der Waals surface area contributed by atoms with Crippen LogP contribution in [0.5, 0.6) is 0 Å². The lowest BCUT2D eigenvalue weighted by atomic mass is 9.80. The van der Waals surface area contributed by atoms with E-state index in [1.165, 1.54) is 12.5 Å². The average Bonchev–Trinajstić information content (AvgIpc) is 3.12. The summed E-state index contributed by atoms with van der Waals surface area (Å²) in [4.78, 5) is 37.8. The normalized spacial score (nSPS) is 33.0. The fourth-order valence-electron chi connectivity index (χ4n) is 5.66. The SMILES string of the molecule is CC(=O)O[C@H]1C2C3(CC(=O)O[C@@]23/C=C(\C)CCC=C(C)C)C(=O)C[C@@H]1Nc1ccccc1. The molecule has 1 heterocycles. The molecule has 32 heavy (non-hydrogen) atoms. The van der Waals surface area contributed by atoms with Gasteiger partial charge in [-0.1, -0.05) is 35.4 Å². The zero-order valence-corrected chi connectivity index (χ0v) is 19.1. The van der Waals surface area contributed by atoms with Gasteiger partial charge in [0, 0.05) is 19.0 Å². The summed E-state index contributed by atoms with van der Waals surface area (Å²) in [6.07, 6.45) is 5.47. The van der Waals surface area contributed by atoms with Crippen molar-refractivity contribution in [2.75, 3.05) is 5.32 Å². The average molecular weight is 438 g/mol. The standard InChI is InChI=1S/C26H31NO5/c1-16(2)9-8-10-17(3)14-26-24-23(31-18(4)28)20(27-19-11-6-5-7-12-19)13-21(29)25(24,26)15-22(30)32-26/h5-7,9,11-12,14,20,23-24,27H,8,10,13,15H2,1-4H3/b17-14+/t20-,23+,24?,25?,26-/m0/s1. The Balaban J connectivity index is 1.67. The topological polar surface area (TPSA) is 81.7 Å². The molecule has 1 N–H and O–H groups in total. The lowest BCUT2D eigenvalue weighted by Gasteiger charge is -2.34. The number of benzene rings is 1. The molecule has 1 saturated heterocycles. The van der Waals surface area contributed by atoms with E-state index in [9.17, 15) is 14.4 Å². The Bertz CT molecular complexity index is 993. The van der Waals surface area contributed by atoms with Crippen LogP contribution in [0.3, 0.4) is 0 Å². The molecule has 6 heteroatoms. The van der Waals surface area contributed by atoms with Gasteiger partial charge in [0.25, 0.3) is 0 Å². The first-order chi connectivity index (χ1) is 15.2. The minimum Gasteiger partial charge on any atom is -0.460 e. The first-order valence-corrected chi connectivity index (χ1v) is 11.3. The third-order valence-electron chi connectivity index (χ3n) is 6.92. The van der Waals surface area contributed by atoms with E-state index in [1.54, 1.807) is 0 Å². The maximum Gasteiger partial charge on any atom is 0.307 e. The van der Waals surface area contributed by atoms with Gasteiger partial charge in [-0.05, 0) is 51.8 Å². The number of ketones is 1. The van der Waals surface area contributed by atoms with Crippen LogP contribution in [0.1, 0.15) is 53.4 Å². The summed E-state index contributed by atoms with van der Waals surface area (Å²) in [7, 11) is 0. The van der Waals surface area contributed by atoms with E-state index >= 15 is 0 Å². The van der Waals surface area contributed by atoms with Crippen LogP contribution in [0.2, 0.25) is 0 Å². The highest BCUT2D eigenvalue weighted by molar-refractivity contribution is 6.00. The monoisotopic (exact) mass is 437 g/mol. The van der Waals surface area contributed by atoms with Gasteiger partial charge in [0.1, 0.15) is 11.9 Å². The van der Waals surface area contributed by atoms with Crippen LogP contribution in [-0.4, -0.2) is 35.5 Å². The van der Waals surface area contributed by atoms with Gasteiger partial charge in [0.05, 0.1) is 23.8 Å². The van der Waals surface area contributed by atoms with Crippen molar-refractivity contribution in [3.8, 4) is 0 Å². The van der Waals surface area contributed by atoms with Gasteiger partial charge >= 0.3 is 11.9 Å². The summed E-state index contributed by atoms with van der Waals surface area (Å²) in [6, 6.07) is 9.17. The van der Waals surface area contributed by atoms with Crippen LogP contribution in [0.4, 0.5) is 5.69 Å². The van der Waals surface area contributed by atoms with Crippen molar-refractivity contribution in [2.24, 2.45) is 11.3 Å². The largest absolute Gasteiger partial charge is 0.460 e. The molecular formula is C26H31NO5. The van der Waals surface area contributed by atoms with Crippen molar-refractivity contribution in [3.05, 3.63) is 53.6 Å². The highest BCUT2D eigenvalue weighted by Crippen LogP contribution is 2.75. The highest BCUT2D eigenvalue weighted by atomic mass is 16.6. The first-order valence-electron chi connectivity index (χ1n) is 11.3. The fourth-order valence-corrected chi connectivity index (χ4v) is 5.66. The molecule has 2 saturated carbocycles. The number of nitrogens with one attached hydrogen (secondary N) is 1. The predicted octanol–water partition coefficient (Wildman–Crippen LogP) is 4.37. The number of rotatable bonds is 7. The van der Waals surface area contributed by atoms with Gasteiger partial charge in [0.2, 0.25) is 0 Å². The molecule has 170 valence electrons. The summed E-state index contributed by atoms with van der Waals surface area (Å²) in [5.41, 5.74) is 1.21. The van der Waals surface area contributed by atoms with E-state index in [0.29, 0.717) is 0 Å². The Morgan fingerprint density at radius 3 is 2.56 bits per heavy atom. The second kappa shape index (κ2) is 8.23. The molecule has 2 unspecified atom stereocenters. The number of anilines is 1. The van der Waals surface area contributed by atoms with E-state index in [-0.39, 0.29) is 36.6 Å². The molecule has 0 radical (unpaired) electrons. The number of carbonyl (C=O) groups is 3. The van der Waals surface area contributed by atoms with E-state index < -0.39 is 23.1 Å². The van der Waals surface area contributed by atoms with Gasteiger partial charge in [-0.2, -0.15) is 0 Å². The van der Waals surface area contributed by atoms with Gasteiger partial charge in [-0.25, -0.2) is 0 Å². The number of esters is 2. The molecular weight excluding hydrogens is 406 g/mol. The summed E-state index contributed by atoms with van der Waals surface area (Å²) < 4.78 is 11.6. The molecule has 0 amide bonds. The molecule has 1 spiro atoms. The van der Waals surface area contributed by atoms with Crippen molar-refractivity contribution >= 4 is 23.4 Å². The zero-order chi connectivity index (χ0) is 23.1. The van der Waals surface area contributed by atoms with Crippen LogP contribution in [0.15, 0.2) is 53.6 Å². The molecule has 3 aliphatic rings. The molecule has 6 nitrogen and oxygen atoms in total. The number of hydrogen-bond acceptors (Lipinski definition) is 6. The number of para-hydroxylation sites is 1. The van der Waals surface area contributed by atoms with E-state index in [1.807, 2.05) is 43.3 Å². The molecule has 2 aliphatic carbocycles. The number of Topliss-reactive ketones (excluding diaryl/α,β-unsaturated/α-hetero) is 1. The molecule has 1 aliphatic heterocycles. The maximum atomic E-state index is 13.5. The fraction of sp³-hybridized carbons (Fsp3) is 0.500. The molecule has 1 aromatic carbocycles. The number of allylic oxidation sites excluding steroid dienone is 3. The van der Waals surface area contributed by atoms with Crippen molar-refractivity contribution in [1.82, 2.24) is 0 Å². The predicted molar refractivity (Wildman–Crippen MR) is 121 cm³/mol. The molecule has 3 fully saturated rings. The Labute approximate surface area is 189 Å². The highest BCUT2D eigenvalue weighted by Gasteiger charge is 2.90. The van der Waals surface area contributed by atoms with Crippen molar-refractivity contribution in [2.45, 2.75) is 71.1 Å². The summed E-state index contributed by atoms with van der Waals surface area (Å²) in [6.45, 7) is 7.50. The van der Waals surface area contributed by atoms with Crippen LogP contribution < -0.4 is 5.32 Å². The maximum absolute atomic E-state index is 13.5. The molecule has 4 rings (SSSR count). The van der Waals surface area contributed by atoms with Crippen molar-refractivity contribution < 1.29 is 23.9 Å². The molecule has 1 aromatic rings. The van der Waals surface area contributed by atoms with E-state index in [4.69, 9.17) is 9.47 Å². The molecule has 5 atom stereocenters. The van der Waals surface area contributed by atoms with Crippen molar-refractivity contribution in [1.29, 1.82) is 0 Å². The number of carbonyl (C=O) groups excluding carboxylic acids is 3. The Kier molecular flexibility index (Phi) is 5.74. The minimum absolute atomic E-state index is 0.00136. The lowest BCUT2D eigenvalue weighted by molar-refractivity contribution is -0.156. The van der Waals surface area contributed by atoms with Gasteiger partial charge < -0.3 is 14.8 Å². The number of fused-ring (bicyclic) bond motifs is 1. The lowest BCUT2D eigenvalue weighted by Crippen LogP contribution is -2.47. The van der Waals surface area contributed by atoms with E-state index in [2.05, 4.69) is 25.2 Å². The van der Waals surface area contributed by atoms with Crippen LogP contribution in [0.25, 0.3) is 0 Å². The van der Waals surface area contributed by atoms with Gasteiger partial charge in [0.15, 0.2) is 5.60 Å².